The number of hydrogen-bond donors (Lipinski definition) is 15. The second-order valence-electron chi connectivity index (χ2n) is 31.9. The molecule has 6 aliphatic heterocycles. The Kier molecular flexibility index (Phi) is 34.6. The molecule has 5 amide bonds. The van der Waals surface area contributed by atoms with Crippen LogP contribution in [0.4, 0.5) is 10.5 Å². The molecule has 6 heterocycles. The molecule has 0 saturated carbocycles. The molecule has 6 aromatic rings. The summed E-state index contributed by atoms with van der Waals surface area (Å²) in [6, 6.07) is 29.4. The van der Waals surface area contributed by atoms with Gasteiger partial charge in [0, 0.05) is 37.9 Å². The number of sulfonamides is 6. The highest BCUT2D eigenvalue weighted by Gasteiger charge is 2.36. The van der Waals surface area contributed by atoms with Gasteiger partial charge in [-0.05, 0) is 139 Å². The largest absolute Gasteiger partial charge is 0.492 e. The highest BCUT2D eigenvalue weighted by molar-refractivity contribution is 7.91. The Bertz CT molecular complexity index is 6010. The molecule has 21 N–H and O–H groups in total. The number of carbonyl (C=O) groups excluding carboxylic acids is 4. The van der Waals surface area contributed by atoms with Crippen molar-refractivity contribution in [3.05, 3.63) is 176 Å². The summed E-state index contributed by atoms with van der Waals surface area (Å²) in [6.45, 7) is 18.8. The molecule has 0 bridgehead atoms. The highest BCUT2D eigenvalue weighted by atomic mass is 32.2. The minimum Gasteiger partial charge on any atom is -0.492 e. The van der Waals surface area contributed by atoms with Crippen LogP contribution in [0.15, 0.2) is 136 Å². The van der Waals surface area contributed by atoms with Gasteiger partial charge in [-0.1, -0.05) is 79.7 Å². The van der Waals surface area contributed by atoms with E-state index in [0.29, 0.717) is 109 Å². The molecule has 130 heavy (non-hydrogen) atoms. The first-order valence-corrected chi connectivity index (χ1v) is 49.0. The predicted octanol–water partition coefficient (Wildman–Crippen LogP) is 1.44. The van der Waals surface area contributed by atoms with Crippen molar-refractivity contribution in [2.45, 2.75) is 116 Å². The van der Waals surface area contributed by atoms with Crippen molar-refractivity contribution in [2.24, 2.45) is 77.0 Å². The third-order valence-electron chi connectivity index (χ3n) is 18.6. The minimum atomic E-state index is -3.61. The molecule has 50 heteroatoms. The summed E-state index contributed by atoms with van der Waals surface area (Å²) in [5, 5.41) is 42.1. The Hall–Kier alpha value is -12.8. The van der Waals surface area contributed by atoms with E-state index < -0.39 is 100 Å². The summed E-state index contributed by atoms with van der Waals surface area (Å²) in [7, 11) is -20.0. The number of carboxylic acids is 2. The van der Waals surface area contributed by atoms with E-state index in [1.165, 1.54) is 6.07 Å². The van der Waals surface area contributed by atoms with E-state index in [1.807, 2.05) is 27.7 Å². The molecule has 6 aromatic carbocycles. The van der Waals surface area contributed by atoms with Crippen molar-refractivity contribution >= 4 is 137 Å². The molecule has 0 aromatic heterocycles. The SMILES string of the molecule is CC(C)(COc1cccc2c1C(N)=NS(=O)(=O)C2)C(=O)NCCO.CCCNC(=O)C(C)(C)COc1cccc2c1C(N)=NS(=O)(=O)C2.CCNC(=O)NC(C)(C)COc1cccc2c1C(N)=NS(=O)(=O)C2.CNC(=O)C(C)(C)COc1cccc2c1C(N)=NS(=O)(=O)C2.NC1=NS(=O)(=O)Cc2cccc(NCC(=O)O)c21.NC1=NS(=O)(=O)Cc2cccc(OCC(=O)O)c21. The minimum absolute atomic E-state index is 0.0563. The van der Waals surface area contributed by atoms with Crippen LogP contribution in [0.25, 0.3) is 0 Å². The lowest BCUT2D eigenvalue weighted by molar-refractivity contribution is -0.139. The molecule has 0 saturated heterocycles. The van der Waals surface area contributed by atoms with Gasteiger partial charge in [-0.25, -0.2) is 60.1 Å². The molecule has 0 spiro atoms. The highest BCUT2D eigenvalue weighted by Crippen LogP contribution is 2.36. The van der Waals surface area contributed by atoms with Crippen LogP contribution in [0.5, 0.6) is 28.7 Å². The Labute approximate surface area is 752 Å². The number of aliphatic hydroxyl groups excluding tert-OH is 1. The summed E-state index contributed by atoms with van der Waals surface area (Å²) in [4.78, 5) is 68.6. The predicted molar refractivity (Wildman–Crippen MR) is 485 cm³/mol. The number of nitrogens with zero attached hydrogens (tertiary/aromatic N) is 6. The number of nitrogens with one attached hydrogen (secondary N) is 6. The summed E-state index contributed by atoms with van der Waals surface area (Å²) < 4.78 is 188. The molecular weight excluding hydrogens is 1820 g/mol. The van der Waals surface area contributed by atoms with Crippen molar-refractivity contribution in [1.82, 2.24) is 26.6 Å². The number of amides is 5. The van der Waals surface area contributed by atoms with Crippen molar-refractivity contribution in [3.63, 3.8) is 0 Å². The number of carbonyl (C=O) groups is 6. The van der Waals surface area contributed by atoms with Gasteiger partial charge in [0.15, 0.2) is 6.61 Å². The van der Waals surface area contributed by atoms with Crippen molar-refractivity contribution in [1.29, 1.82) is 0 Å². The molecular formula is C80H106N18O26S6. The fraction of sp³-hybridized carbons (Fsp3) is 0.400. The quantitative estimate of drug-likeness (QED) is 0.0347. The van der Waals surface area contributed by atoms with Crippen LogP contribution in [0.2, 0.25) is 0 Å². The first-order valence-electron chi connectivity index (χ1n) is 39.4. The zero-order valence-corrected chi connectivity index (χ0v) is 77.6. The van der Waals surface area contributed by atoms with Gasteiger partial charge in [-0.3, -0.25) is 19.2 Å². The summed E-state index contributed by atoms with van der Waals surface area (Å²) in [6.07, 6.45) is 0.857. The van der Waals surface area contributed by atoms with Gasteiger partial charge in [0.05, 0.1) is 90.7 Å². The smallest absolute Gasteiger partial charge is 0.341 e. The fourth-order valence-electron chi connectivity index (χ4n) is 12.6. The van der Waals surface area contributed by atoms with Gasteiger partial charge < -0.3 is 105 Å². The molecule has 0 aliphatic carbocycles. The van der Waals surface area contributed by atoms with Crippen LogP contribution in [-0.2, 0) is 119 Å². The maximum atomic E-state index is 12.2. The van der Waals surface area contributed by atoms with Crippen molar-refractivity contribution in [2.75, 3.05) is 78.2 Å². The summed E-state index contributed by atoms with van der Waals surface area (Å²) in [5.41, 5.74) is 37.6. The number of fused-ring (bicyclic) bond motifs is 6. The number of aliphatic hydroxyl groups is 1. The Morgan fingerprint density at radius 2 is 0.654 bits per heavy atom. The van der Waals surface area contributed by atoms with Crippen molar-refractivity contribution < 1.29 is 118 Å². The Balaban J connectivity index is 0.000000214. The molecule has 0 radical (unpaired) electrons. The van der Waals surface area contributed by atoms with Crippen LogP contribution < -0.4 is 90.0 Å². The third-order valence-corrected chi connectivity index (χ3v) is 25.5. The lowest BCUT2D eigenvalue weighted by Gasteiger charge is -2.27. The van der Waals surface area contributed by atoms with E-state index >= 15 is 0 Å². The zero-order valence-electron chi connectivity index (χ0n) is 72.7. The average Bonchev–Trinajstić information content (AvgIpc) is 0.796. The number of amidine groups is 6. The van der Waals surface area contributed by atoms with Gasteiger partial charge in [0.25, 0.3) is 60.1 Å². The average molecular weight is 1930 g/mol. The van der Waals surface area contributed by atoms with E-state index in [-0.39, 0.29) is 145 Å². The molecule has 0 atom stereocenters. The van der Waals surface area contributed by atoms with Crippen LogP contribution in [0.1, 0.15) is 142 Å². The van der Waals surface area contributed by atoms with Crippen LogP contribution in [0.3, 0.4) is 0 Å². The van der Waals surface area contributed by atoms with E-state index in [0.717, 1.165) is 6.42 Å². The molecule has 12 rings (SSSR count). The molecule has 708 valence electrons. The maximum absolute atomic E-state index is 12.2. The lowest BCUT2D eigenvalue weighted by Crippen LogP contribution is -2.51. The molecule has 6 aliphatic rings. The number of carboxylic acid groups (broad SMARTS) is 2. The van der Waals surface area contributed by atoms with Crippen LogP contribution in [-0.4, -0.2) is 215 Å². The van der Waals surface area contributed by atoms with E-state index in [4.69, 9.17) is 73.4 Å². The number of hydrogen-bond acceptors (Lipinski definition) is 31. The standard InChI is InChI=1S/C16H23N3O4S.C15H22N4O4S.C15H21N3O5S.C14H19N3O4S.C10H11N3O4S.C10H10N2O5S/c1-4-8-18-15(20)16(2,3)10-23-12-7-5-6-11-9-24(21,22)19-14(17)13(11)12;1-4-17-14(20)18-15(2,3)9-23-11-7-5-6-10-8-24(21,22)19-13(16)12(10)11;1-15(2,14(20)17-6-7-19)9-23-11-5-3-4-10-8-24(21,22)18-13(16)12(10)11;1-14(2,13(18)16-3)8-21-10-6-4-5-9-7-22(19,20)17-12(15)11(9)10;11-10-9-6(5-18(16,17)13-10)2-1-3-7(9)12-4-8(14)15;11-10-9-6(5-18(15,16)12-10)2-1-3-7(9)17-4-8(13)14/h5-7H,4,8-10H2,1-3H3,(H2,17,19)(H,18,20);5-7H,4,8-9H2,1-3H3,(H2,16,19)(H2,17,18,20);3-5,19H,6-9H2,1-2H3,(H2,16,18)(H,17,20);4-6H,7-8H2,1-3H3,(H2,15,17)(H,16,18);1-3,12H,4-5H2,(H2,11,13)(H,14,15);1-3H,4-5H2,(H2,11,12)(H,13,14). The number of ether oxygens (including phenoxy) is 5. The second-order valence-corrected chi connectivity index (χ2v) is 41.7. The Morgan fingerprint density at radius 1 is 0.377 bits per heavy atom. The summed E-state index contributed by atoms with van der Waals surface area (Å²) >= 11 is 0. The van der Waals surface area contributed by atoms with E-state index in [9.17, 15) is 79.3 Å². The van der Waals surface area contributed by atoms with Crippen LogP contribution >= 0.6 is 0 Å². The zero-order chi connectivity index (χ0) is 97.1. The Morgan fingerprint density at radius 3 is 0.938 bits per heavy atom. The first kappa shape index (κ1) is 104. The molecule has 0 fully saturated rings. The fourth-order valence-corrected chi connectivity index (χ4v) is 19.1. The number of benzene rings is 6. The number of rotatable bonds is 27. The molecule has 44 nitrogen and oxygen atoms in total. The second kappa shape index (κ2) is 43.1. The number of anilines is 1. The van der Waals surface area contributed by atoms with E-state index in [1.54, 1.807) is 152 Å². The lowest BCUT2D eigenvalue weighted by atomic mass is 9.93. The van der Waals surface area contributed by atoms with Gasteiger partial charge in [0.2, 0.25) is 17.7 Å². The first-order chi connectivity index (χ1) is 60.4. The maximum Gasteiger partial charge on any atom is 0.341 e. The van der Waals surface area contributed by atoms with Crippen LogP contribution in [0, 0.1) is 16.2 Å². The van der Waals surface area contributed by atoms with Gasteiger partial charge in [-0.2, -0.15) is 0 Å². The summed E-state index contributed by atoms with van der Waals surface area (Å²) in [5.74, 6) is -2.81. The normalized spacial score (nSPS) is 16.2. The number of nitrogens with two attached hydrogens (primary N) is 6. The third kappa shape index (κ3) is 29.6. The monoisotopic (exact) mass is 1930 g/mol. The number of urea groups is 1. The molecule has 0 unspecified atom stereocenters. The van der Waals surface area contributed by atoms with Gasteiger partial charge >= 0.3 is 18.0 Å². The van der Waals surface area contributed by atoms with E-state index in [2.05, 4.69) is 58.3 Å². The van der Waals surface area contributed by atoms with Crippen molar-refractivity contribution in [3.8, 4) is 28.7 Å². The number of aliphatic carboxylic acids is 2. The topological polar surface area (TPSA) is 717 Å². The van der Waals surface area contributed by atoms with Gasteiger partial charge in [-0.15, -0.1) is 26.4 Å². The van der Waals surface area contributed by atoms with Gasteiger partial charge in [0.1, 0.15) is 96.7 Å².